The number of halogens is 1. The number of nitrogens with two attached hydrogens (primary N) is 1. The molecule has 1 aliphatic carbocycles. The van der Waals surface area contributed by atoms with Crippen molar-refractivity contribution in [3.63, 3.8) is 0 Å². The minimum Gasteiger partial charge on any atom is -0.481 e. The van der Waals surface area contributed by atoms with Crippen LogP contribution < -0.4 is 5.73 Å². The summed E-state index contributed by atoms with van der Waals surface area (Å²) < 4.78 is 0. The Hall–Kier alpha value is -0.540. The van der Waals surface area contributed by atoms with Crippen molar-refractivity contribution < 1.29 is 9.90 Å². The minimum atomic E-state index is -0.794. The Kier molecular flexibility index (Phi) is 5.75. The molecule has 0 saturated heterocycles. The molecule has 1 rings (SSSR count). The third-order valence-electron chi connectivity index (χ3n) is 2.33. The third kappa shape index (κ3) is 4.29. The summed E-state index contributed by atoms with van der Waals surface area (Å²) in [4.78, 5) is 10.4. The number of aliphatic carboxylic acids is 1. The molecule has 0 spiro atoms. The zero-order valence-corrected chi connectivity index (χ0v) is 8.30. The van der Waals surface area contributed by atoms with Crippen LogP contribution in [0.4, 0.5) is 0 Å². The quantitative estimate of drug-likeness (QED) is 0.688. The average Bonchev–Trinajstić information content (AvgIpc) is 2.05. The molecule has 1 aliphatic rings. The maximum Gasteiger partial charge on any atom is 0.304 e. The fourth-order valence-corrected chi connectivity index (χ4v) is 1.57. The monoisotopic (exact) mass is 205 g/mol. The fraction of sp³-hybridized carbons (Fsp3) is 0.667. The maximum absolute atomic E-state index is 10.4. The first kappa shape index (κ1) is 12.5. The highest BCUT2D eigenvalue weighted by Gasteiger charge is 2.20. The van der Waals surface area contributed by atoms with Crippen LogP contribution in [0.5, 0.6) is 0 Å². The number of allylic oxidation sites excluding steroid dienone is 2. The summed E-state index contributed by atoms with van der Waals surface area (Å²) in [6, 6.07) is -0.174. The van der Waals surface area contributed by atoms with Crippen molar-refractivity contribution in [2.45, 2.75) is 31.7 Å². The Morgan fingerprint density at radius 3 is 2.77 bits per heavy atom. The van der Waals surface area contributed by atoms with Crippen molar-refractivity contribution in [1.29, 1.82) is 0 Å². The standard InChI is InChI=1S/C9H15NO2.ClH/c10-8(6-9(11)12)7-4-2-1-3-5-7;/h1-2,7-8H,3-6,10H2,(H,11,12);1H. The Balaban J connectivity index is 0.00000144. The smallest absolute Gasteiger partial charge is 0.304 e. The SMILES string of the molecule is Cl.NC(CC(=O)O)C1CC=CCC1. The highest BCUT2D eigenvalue weighted by Crippen LogP contribution is 2.21. The number of hydrogen-bond acceptors (Lipinski definition) is 2. The molecule has 0 fully saturated rings. The molecule has 0 aromatic rings. The van der Waals surface area contributed by atoms with Gasteiger partial charge in [-0.25, -0.2) is 0 Å². The molecule has 76 valence electrons. The lowest BCUT2D eigenvalue weighted by atomic mass is 9.87. The van der Waals surface area contributed by atoms with Crippen LogP contribution in [0.25, 0.3) is 0 Å². The minimum absolute atomic E-state index is 0. The Labute approximate surface area is 84.4 Å². The van der Waals surface area contributed by atoms with Crippen molar-refractivity contribution in [1.82, 2.24) is 0 Å². The van der Waals surface area contributed by atoms with E-state index in [1.807, 2.05) is 0 Å². The molecular weight excluding hydrogens is 190 g/mol. The van der Waals surface area contributed by atoms with E-state index in [9.17, 15) is 4.79 Å². The van der Waals surface area contributed by atoms with E-state index in [-0.39, 0.29) is 24.9 Å². The van der Waals surface area contributed by atoms with Crippen LogP contribution in [0, 0.1) is 5.92 Å². The largest absolute Gasteiger partial charge is 0.481 e. The van der Waals surface area contributed by atoms with E-state index in [4.69, 9.17) is 10.8 Å². The Bertz CT molecular complexity index is 194. The van der Waals surface area contributed by atoms with Crippen molar-refractivity contribution in [3.8, 4) is 0 Å². The van der Waals surface area contributed by atoms with E-state index in [0.717, 1.165) is 19.3 Å². The van der Waals surface area contributed by atoms with Crippen LogP contribution in [0.1, 0.15) is 25.7 Å². The molecule has 3 N–H and O–H groups in total. The van der Waals surface area contributed by atoms with Crippen LogP contribution in [0.3, 0.4) is 0 Å². The van der Waals surface area contributed by atoms with Gasteiger partial charge in [0.05, 0.1) is 6.42 Å². The molecule has 2 atom stereocenters. The average molecular weight is 206 g/mol. The van der Waals surface area contributed by atoms with Crippen molar-refractivity contribution in [3.05, 3.63) is 12.2 Å². The van der Waals surface area contributed by atoms with E-state index in [0.29, 0.717) is 5.92 Å². The van der Waals surface area contributed by atoms with Gasteiger partial charge in [-0.2, -0.15) is 0 Å². The highest BCUT2D eigenvalue weighted by molar-refractivity contribution is 5.85. The first-order valence-electron chi connectivity index (χ1n) is 4.32. The zero-order valence-electron chi connectivity index (χ0n) is 7.48. The molecule has 0 amide bonds. The third-order valence-corrected chi connectivity index (χ3v) is 2.33. The zero-order chi connectivity index (χ0) is 8.97. The topological polar surface area (TPSA) is 63.3 Å². The van der Waals surface area contributed by atoms with Crippen molar-refractivity contribution >= 4 is 18.4 Å². The molecule has 0 radical (unpaired) electrons. The van der Waals surface area contributed by atoms with Gasteiger partial charge in [0.1, 0.15) is 0 Å². The molecule has 4 heteroatoms. The number of carboxylic acids is 1. The summed E-state index contributed by atoms with van der Waals surface area (Å²) in [6.07, 6.45) is 7.33. The van der Waals surface area contributed by atoms with Gasteiger partial charge in [-0.05, 0) is 25.2 Å². The lowest BCUT2D eigenvalue weighted by molar-refractivity contribution is -0.137. The number of carbonyl (C=O) groups is 1. The molecule has 0 heterocycles. The lowest BCUT2D eigenvalue weighted by Gasteiger charge is -2.23. The summed E-state index contributed by atoms with van der Waals surface area (Å²) in [5, 5.41) is 8.52. The van der Waals surface area contributed by atoms with Gasteiger partial charge >= 0.3 is 5.97 Å². The van der Waals surface area contributed by atoms with E-state index in [1.165, 1.54) is 0 Å². The number of carboxylic acid groups (broad SMARTS) is 1. The van der Waals surface area contributed by atoms with E-state index < -0.39 is 5.97 Å². The maximum atomic E-state index is 10.4. The molecule has 0 saturated carbocycles. The second-order valence-corrected chi connectivity index (χ2v) is 3.31. The summed E-state index contributed by atoms with van der Waals surface area (Å²) in [5.41, 5.74) is 5.73. The predicted molar refractivity (Wildman–Crippen MR) is 54.0 cm³/mol. The summed E-state index contributed by atoms with van der Waals surface area (Å²) >= 11 is 0. The van der Waals surface area contributed by atoms with Gasteiger partial charge in [0.25, 0.3) is 0 Å². The molecule has 2 unspecified atom stereocenters. The summed E-state index contributed by atoms with van der Waals surface area (Å²) in [7, 11) is 0. The molecule has 0 bridgehead atoms. The van der Waals surface area contributed by atoms with E-state index in [1.54, 1.807) is 0 Å². The van der Waals surface area contributed by atoms with Gasteiger partial charge in [-0.1, -0.05) is 12.2 Å². The molecule has 13 heavy (non-hydrogen) atoms. The fourth-order valence-electron chi connectivity index (χ4n) is 1.57. The van der Waals surface area contributed by atoms with Crippen LogP contribution >= 0.6 is 12.4 Å². The van der Waals surface area contributed by atoms with Crippen molar-refractivity contribution in [2.24, 2.45) is 11.7 Å². The van der Waals surface area contributed by atoms with E-state index >= 15 is 0 Å². The summed E-state index contributed by atoms with van der Waals surface area (Å²) in [6.45, 7) is 0. The van der Waals surface area contributed by atoms with Gasteiger partial charge in [0.15, 0.2) is 0 Å². The van der Waals surface area contributed by atoms with Crippen molar-refractivity contribution in [2.75, 3.05) is 0 Å². The number of rotatable bonds is 3. The molecule has 0 aromatic carbocycles. The summed E-state index contributed by atoms with van der Waals surface area (Å²) in [5.74, 6) is -0.428. The number of hydrogen-bond donors (Lipinski definition) is 2. The van der Waals surface area contributed by atoms with Gasteiger partial charge in [0.2, 0.25) is 0 Å². The Morgan fingerprint density at radius 2 is 2.31 bits per heavy atom. The molecule has 3 nitrogen and oxygen atoms in total. The second kappa shape index (κ2) is 6.00. The van der Waals surface area contributed by atoms with Crippen LogP contribution in [-0.2, 0) is 4.79 Å². The normalized spacial score (nSPS) is 23.3. The second-order valence-electron chi connectivity index (χ2n) is 3.31. The molecule has 0 aromatic heterocycles. The lowest BCUT2D eigenvalue weighted by Crippen LogP contribution is -2.32. The van der Waals surface area contributed by atoms with Gasteiger partial charge < -0.3 is 10.8 Å². The predicted octanol–water partition coefficient (Wildman–Crippen LogP) is 1.57. The van der Waals surface area contributed by atoms with Crippen LogP contribution in [-0.4, -0.2) is 17.1 Å². The molecule has 0 aliphatic heterocycles. The van der Waals surface area contributed by atoms with Gasteiger partial charge in [-0.15, -0.1) is 12.4 Å². The van der Waals surface area contributed by atoms with E-state index in [2.05, 4.69) is 12.2 Å². The highest BCUT2D eigenvalue weighted by atomic mass is 35.5. The van der Waals surface area contributed by atoms with Gasteiger partial charge in [0, 0.05) is 6.04 Å². The van der Waals surface area contributed by atoms with Gasteiger partial charge in [-0.3, -0.25) is 4.79 Å². The van der Waals surface area contributed by atoms with Crippen LogP contribution in [0.15, 0.2) is 12.2 Å². The first-order valence-corrected chi connectivity index (χ1v) is 4.32. The Morgan fingerprint density at radius 1 is 1.62 bits per heavy atom. The molecular formula is C9H16ClNO2. The first-order chi connectivity index (χ1) is 5.70. The van der Waals surface area contributed by atoms with Crippen LogP contribution in [0.2, 0.25) is 0 Å².